The second-order valence-electron chi connectivity index (χ2n) is 2.00. The van der Waals surface area contributed by atoms with Crippen molar-refractivity contribution < 1.29 is 19.7 Å². The Kier molecular flexibility index (Phi) is 2.38. The lowest BCUT2D eigenvalue weighted by Gasteiger charge is -2.18. The molecule has 0 aromatic carbocycles. The highest BCUT2D eigenvalue weighted by atomic mass is 16.7. The zero-order valence-corrected chi connectivity index (χ0v) is 6.15. The maximum Gasteiger partial charge on any atom is 0.261 e. The summed E-state index contributed by atoms with van der Waals surface area (Å²) in [6.45, 7) is 2.18. The molecule has 0 radical (unpaired) electrons. The predicted octanol–water partition coefficient (Wildman–Crippen LogP) is 1.22. The second-order valence-corrected chi connectivity index (χ2v) is 2.00. The number of aliphatic hydroxyl groups excluding tert-OH is 2. The zero-order valence-electron chi connectivity index (χ0n) is 6.15. The minimum atomic E-state index is -0.856. The van der Waals surface area contributed by atoms with Crippen molar-refractivity contribution in [1.29, 1.82) is 0 Å². The number of rotatable bonds is 2. The molecule has 0 aromatic heterocycles. The Labute approximate surface area is 64.4 Å². The lowest BCUT2D eigenvalue weighted by molar-refractivity contribution is -0.103. The summed E-state index contributed by atoms with van der Waals surface area (Å²) >= 11 is 0. The standard InChI is InChI=1S/C7H10O4/c1-2-10-7-6(9)5(8)3-4-11-7/h3-4,7-9H,2H2,1H3. The summed E-state index contributed by atoms with van der Waals surface area (Å²) < 4.78 is 9.75. The highest BCUT2D eigenvalue weighted by molar-refractivity contribution is 5.17. The maximum atomic E-state index is 9.10. The minimum absolute atomic E-state index is 0.213. The third-order valence-corrected chi connectivity index (χ3v) is 1.23. The molecule has 4 nitrogen and oxygen atoms in total. The smallest absolute Gasteiger partial charge is 0.261 e. The van der Waals surface area contributed by atoms with E-state index in [1.165, 1.54) is 12.3 Å². The number of aliphatic hydroxyl groups is 2. The lowest BCUT2D eigenvalue weighted by Crippen LogP contribution is -2.21. The molecule has 0 aliphatic carbocycles. The Bertz CT molecular complexity index is 195. The number of hydrogen-bond acceptors (Lipinski definition) is 4. The summed E-state index contributed by atoms with van der Waals surface area (Å²) in [5.74, 6) is -0.496. The van der Waals surface area contributed by atoms with Crippen molar-refractivity contribution >= 4 is 0 Å². The van der Waals surface area contributed by atoms with E-state index in [1.807, 2.05) is 0 Å². The molecule has 62 valence electrons. The number of hydrogen-bond donors (Lipinski definition) is 2. The number of ether oxygens (including phenoxy) is 2. The van der Waals surface area contributed by atoms with Crippen LogP contribution in [0.1, 0.15) is 6.92 Å². The van der Waals surface area contributed by atoms with Crippen LogP contribution >= 0.6 is 0 Å². The Morgan fingerprint density at radius 2 is 2.36 bits per heavy atom. The highest BCUT2D eigenvalue weighted by Gasteiger charge is 2.20. The fourth-order valence-corrected chi connectivity index (χ4v) is 0.715. The zero-order chi connectivity index (χ0) is 8.27. The van der Waals surface area contributed by atoms with Crippen LogP contribution in [0.5, 0.6) is 0 Å². The van der Waals surface area contributed by atoms with Crippen LogP contribution in [0.2, 0.25) is 0 Å². The average Bonchev–Trinajstić information content (AvgIpc) is 1.99. The van der Waals surface area contributed by atoms with Gasteiger partial charge in [0.1, 0.15) is 0 Å². The van der Waals surface area contributed by atoms with Crippen LogP contribution in [0.25, 0.3) is 0 Å². The van der Waals surface area contributed by atoms with E-state index in [1.54, 1.807) is 6.92 Å². The molecule has 1 aliphatic rings. The first-order valence-electron chi connectivity index (χ1n) is 3.31. The summed E-state index contributed by atoms with van der Waals surface area (Å²) in [6, 6.07) is 0. The molecule has 1 heterocycles. The molecule has 1 rings (SSSR count). The molecular formula is C7H10O4. The van der Waals surface area contributed by atoms with Crippen LogP contribution < -0.4 is 0 Å². The van der Waals surface area contributed by atoms with Gasteiger partial charge in [-0.15, -0.1) is 0 Å². The fourth-order valence-electron chi connectivity index (χ4n) is 0.715. The van der Waals surface area contributed by atoms with Crippen LogP contribution in [0, 0.1) is 0 Å². The Hall–Kier alpha value is -1.16. The molecule has 2 N–H and O–H groups in total. The highest BCUT2D eigenvalue weighted by Crippen LogP contribution is 2.15. The Balaban J connectivity index is 2.64. The summed E-state index contributed by atoms with van der Waals surface area (Å²) in [5, 5.41) is 18.1. The number of allylic oxidation sites excluding steroid dienone is 1. The first-order chi connectivity index (χ1) is 5.25. The van der Waals surface area contributed by atoms with Gasteiger partial charge in [-0.1, -0.05) is 0 Å². The molecular weight excluding hydrogens is 148 g/mol. The predicted molar refractivity (Wildman–Crippen MR) is 37.9 cm³/mol. The van der Waals surface area contributed by atoms with Crippen molar-refractivity contribution in [2.45, 2.75) is 13.2 Å². The average molecular weight is 158 g/mol. The molecule has 0 saturated heterocycles. The van der Waals surface area contributed by atoms with Gasteiger partial charge >= 0.3 is 0 Å². The largest absolute Gasteiger partial charge is 0.504 e. The van der Waals surface area contributed by atoms with Gasteiger partial charge < -0.3 is 19.7 Å². The van der Waals surface area contributed by atoms with Gasteiger partial charge in [-0.05, 0) is 6.92 Å². The SMILES string of the molecule is CCOC1OC=CC(O)=C1O. The van der Waals surface area contributed by atoms with E-state index in [-0.39, 0.29) is 11.5 Å². The third kappa shape index (κ3) is 1.65. The Morgan fingerprint density at radius 1 is 1.64 bits per heavy atom. The minimum Gasteiger partial charge on any atom is -0.504 e. The molecule has 11 heavy (non-hydrogen) atoms. The van der Waals surface area contributed by atoms with E-state index < -0.39 is 6.29 Å². The van der Waals surface area contributed by atoms with E-state index in [9.17, 15) is 0 Å². The summed E-state index contributed by atoms with van der Waals surface area (Å²) in [4.78, 5) is 0. The van der Waals surface area contributed by atoms with E-state index in [2.05, 4.69) is 0 Å². The van der Waals surface area contributed by atoms with Crippen LogP contribution in [0.3, 0.4) is 0 Å². The van der Waals surface area contributed by atoms with E-state index >= 15 is 0 Å². The van der Waals surface area contributed by atoms with Crippen molar-refractivity contribution in [3.05, 3.63) is 23.9 Å². The van der Waals surface area contributed by atoms with E-state index in [4.69, 9.17) is 19.7 Å². The molecule has 0 bridgehead atoms. The monoisotopic (exact) mass is 158 g/mol. The summed E-state index contributed by atoms with van der Waals surface area (Å²) in [7, 11) is 0. The van der Waals surface area contributed by atoms with Crippen molar-refractivity contribution in [3.63, 3.8) is 0 Å². The fraction of sp³-hybridized carbons (Fsp3) is 0.429. The lowest BCUT2D eigenvalue weighted by atomic mass is 10.3. The quantitative estimate of drug-likeness (QED) is 0.634. The van der Waals surface area contributed by atoms with Gasteiger partial charge in [0.05, 0.1) is 6.26 Å². The van der Waals surface area contributed by atoms with Crippen molar-refractivity contribution in [3.8, 4) is 0 Å². The van der Waals surface area contributed by atoms with Gasteiger partial charge in [0.2, 0.25) is 5.76 Å². The maximum absolute atomic E-state index is 9.10. The van der Waals surface area contributed by atoms with Gasteiger partial charge in [-0.2, -0.15) is 0 Å². The molecule has 0 aromatic rings. The molecule has 0 spiro atoms. The molecule has 1 aliphatic heterocycles. The van der Waals surface area contributed by atoms with Gasteiger partial charge in [0.25, 0.3) is 6.29 Å². The van der Waals surface area contributed by atoms with E-state index in [0.717, 1.165) is 0 Å². The first kappa shape index (κ1) is 7.94. The van der Waals surface area contributed by atoms with Gasteiger partial charge in [0, 0.05) is 12.7 Å². The van der Waals surface area contributed by atoms with Crippen molar-refractivity contribution in [2.75, 3.05) is 6.61 Å². The topological polar surface area (TPSA) is 58.9 Å². The molecule has 1 atom stereocenters. The van der Waals surface area contributed by atoms with Crippen molar-refractivity contribution in [2.24, 2.45) is 0 Å². The molecule has 1 unspecified atom stereocenters. The normalized spacial score (nSPS) is 23.5. The first-order valence-corrected chi connectivity index (χ1v) is 3.31. The second kappa shape index (κ2) is 3.30. The molecule has 0 amide bonds. The van der Waals surface area contributed by atoms with E-state index in [0.29, 0.717) is 6.61 Å². The van der Waals surface area contributed by atoms with Crippen LogP contribution in [0.4, 0.5) is 0 Å². The summed E-state index contributed by atoms with van der Waals surface area (Å²) in [6.07, 6.45) is 1.67. The van der Waals surface area contributed by atoms with Gasteiger partial charge in [0.15, 0.2) is 5.76 Å². The molecule has 4 heteroatoms. The molecule has 0 saturated carbocycles. The summed E-state index contributed by atoms with van der Waals surface area (Å²) in [5.41, 5.74) is 0. The third-order valence-electron chi connectivity index (χ3n) is 1.23. The van der Waals surface area contributed by atoms with Gasteiger partial charge in [-0.3, -0.25) is 0 Å². The van der Waals surface area contributed by atoms with Crippen molar-refractivity contribution in [1.82, 2.24) is 0 Å². The Morgan fingerprint density at radius 3 is 3.00 bits per heavy atom. The van der Waals surface area contributed by atoms with Crippen LogP contribution in [-0.4, -0.2) is 23.1 Å². The van der Waals surface area contributed by atoms with Crippen LogP contribution in [-0.2, 0) is 9.47 Å². The van der Waals surface area contributed by atoms with Gasteiger partial charge in [-0.25, -0.2) is 0 Å². The molecule has 0 fully saturated rings. The van der Waals surface area contributed by atoms with Crippen LogP contribution in [0.15, 0.2) is 23.9 Å².